The zero-order valence-electron chi connectivity index (χ0n) is 15.7. The van der Waals surface area contributed by atoms with E-state index >= 15 is 0 Å². The summed E-state index contributed by atoms with van der Waals surface area (Å²) in [6, 6.07) is 6.96. The van der Waals surface area contributed by atoms with Gasteiger partial charge in [-0.2, -0.15) is 0 Å². The molecule has 0 N–H and O–H groups in total. The lowest BCUT2D eigenvalue weighted by Gasteiger charge is -2.55. The molecule has 138 valence electrons. The summed E-state index contributed by atoms with van der Waals surface area (Å²) in [6.45, 7) is 10.5. The van der Waals surface area contributed by atoms with E-state index in [4.69, 9.17) is 4.74 Å². The molecule has 1 saturated carbocycles. The average Bonchev–Trinajstić information content (AvgIpc) is 2.51. The molecular formula is C19H28N2O4. The van der Waals surface area contributed by atoms with Crippen molar-refractivity contribution < 1.29 is 14.5 Å². The van der Waals surface area contributed by atoms with Gasteiger partial charge in [-0.3, -0.25) is 19.8 Å². The van der Waals surface area contributed by atoms with Gasteiger partial charge in [-0.25, -0.2) is 0 Å². The van der Waals surface area contributed by atoms with Crippen LogP contribution in [0, 0.1) is 10.1 Å². The second-order valence-electron chi connectivity index (χ2n) is 7.19. The summed E-state index contributed by atoms with van der Waals surface area (Å²) in [5, 5.41) is 11.2. The predicted octanol–water partition coefficient (Wildman–Crippen LogP) is 3.68. The molecule has 6 heteroatoms. The molecule has 1 aliphatic rings. The number of esters is 1. The Balaban J connectivity index is 2.54. The fourth-order valence-corrected chi connectivity index (χ4v) is 4.13. The average molecular weight is 348 g/mol. The van der Waals surface area contributed by atoms with E-state index in [1.165, 1.54) is 12.1 Å². The third kappa shape index (κ3) is 3.40. The first-order chi connectivity index (χ1) is 11.8. The van der Waals surface area contributed by atoms with E-state index in [9.17, 15) is 14.9 Å². The largest absolute Gasteiger partial charge is 0.465 e. The lowest BCUT2D eigenvalue weighted by Crippen LogP contribution is -2.65. The first-order valence-electron chi connectivity index (χ1n) is 8.95. The third-order valence-corrected chi connectivity index (χ3v) is 5.15. The number of hydrogen-bond acceptors (Lipinski definition) is 5. The van der Waals surface area contributed by atoms with Crippen LogP contribution in [0.25, 0.3) is 0 Å². The van der Waals surface area contributed by atoms with Crippen LogP contribution >= 0.6 is 0 Å². The van der Waals surface area contributed by atoms with Crippen molar-refractivity contribution in [3.8, 4) is 0 Å². The van der Waals surface area contributed by atoms with Gasteiger partial charge < -0.3 is 4.74 Å². The minimum atomic E-state index is -0.837. The molecule has 0 spiro atoms. The highest BCUT2D eigenvalue weighted by Gasteiger charge is 2.58. The van der Waals surface area contributed by atoms with Crippen molar-refractivity contribution in [2.75, 3.05) is 6.61 Å². The molecule has 1 aromatic rings. The second-order valence-corrected chi connectivity index (χ2v) is 7.19. The van der Waals surface area contributed by atoms with Crippen LogP contribution in [-0.4, -0.2) is 40.5 Å². The minimum absolute atomic E-state index is 0.00691. The van der Waals surface area contributed by atoms with E-state index in [1.54, 1.807) is 13.0 Å². The Morgan fingerprint density at radius 1 is 1.36 bits per heavy atom. The van der Waals surface area contributed by atoms with Crippen molar-refractivity contribution in [2.24, 2.45) is 0 Å². The van der Waals surface area contributed by atoms with Gasteiger partial charge in [0, 0.05) is 30.3 Å². The van der Waals surface area contributed by atoms with E-state index in [2.05, 4.69) is 32.6 Å². The number of nitro benzene ring substituents is 1. The highest BCUT2D eigenvalue weighted by Crippen LogP contribution is 2.49. The van der Waals surface area contributed by atoms with Gasteiger partial charge in [0.15, 0.2) is 0 Å². The van der Waals surface area contributed by atoms with Crippen molar-refractivity contribution in [2.45, 2.75) is 71.0 Å². The molecule has 1 aliphatic carbocycles. The summed E-state index contributed by atoms with van der Waals surface area (Å²) < 4.78 is 5.41. The molecule has 0 aliphatic heterocycles. The fourth-order valence-electron chi connectivity index (χ4n) is 4.13. The Hall–Kier alpha value is -1.95. The highest BCUT2D eigenvalue weighted by molar-refractivity contribution is 5.86. The maximum Gasteiger partial charge on any atom is 0.318 e. The summed E-state index contributed by atoms with van der Waals surface area (Å²) in [4.78, 5) is 26.1. The molecule has 1 aromatic carbocycles. The van der Waals surface area contributed by atoms with Crippen LogP contribution < -0.4 is 0 Å². The summed E-state index contributed by atoms with van der Waals surface area (Å²) in [5.74, 6) is -0.280. The van der Waals surface area contributed by atoms with Crippen LogP contribution in [0.15, 0.2) is 24.3 Å². The number of rotatable bonds is 7. The van der Waals surface area contributed by atoms with Gasteiger partial charge in [0.05, 0.1) is 11.5 Å². The minimum Gasteiger partial charge on any atom is -0.465 e. The van der Waals surface area contributed by atoms with Crippen LogP contribution in [0.5, 0.6) is 0 Å². The molecule has 0 aromatic heterocycles. The number of benzene rings is 1. The molecule has 0 amide bonds. The lowest BCUT2D eigenvalue weighted by atomic mass is 9.59. The number of nitro groups is 1. The zero-order chi connectivity index (χ0) is 18.8. The normalized spacial score (nSPS) is 23.0. The van der Waals surface area contributed by atoms with Gasteiger partial charge in [0.2, 0.25) is 0 Å². The summed E-state index contributed by atoms with van der Waals surface area (Å²) in [5.41, 5.74) is -0.147. The molecule has 0 radical (unpaired) electrons. The van der Waals surface area contributed by atoms with E-state index in [1.807, 2.05) is 6.07 Å². The second kappa shape index (κ2) is 7.52. The van der Waals surface area contributed by atoms with Gasteiger partial charge in [-0.15, -0.1) is 0 Å². The van der Waals surface area contributed by atoms with E-state index < -0.39 is 10.3 Å². The molecule has 6 nitrogen and oxygen atoms in total. The number of nitrogens with zero attached hydrogens (tertiary/aromatic N) is 2. The molecule has 0 heterocycles. The van der Waals surface area contributed by atoms with Crippen LogP contribution in [-0.2, 0) is 14.9 Å². The number of non-ortho nitro benzene ring substituents is 1. The number of ether oxygens (including phenoxy) is 1. The Morgan fingerprint density at radius 3 is 2.44 bits per heavy atom. The monoisotopic (exact) mass is 348 g/mol. The molecule has 0 saturated heterocycles. The summed E-state index contributed by atoms with van der Waals surface area (Å²) in [7, 11) is 0. The van der Waals surface area contributed by atoms with Gasteiger partial charge in [0.1, 0.15) is 5.41 Å². The molecule has 2 rings (SSSR count). The maximum atomic E-state index is 13.0. The van der Waals surface area contributed by atoms with E-state index in [-0.39, 0.29) is 29.8 Å². The molecule has 2 unspecified atom stereocenters. The first kappa shape index (κ1) is 19.4. The maximum absolute atomic E-state index is 13.0. The van der Waals surface area contributed by atoms with Gasteiger partial charge in [-0.1, -0.05) is 12.1 Å². The van der Waals surface area contributed by atoms with Crippen molar-refractivity contribution in [1.29, 1.82) is 0 Å². The Labute approximate surface area is 149 Å². The van der Waals surface area contributed by atoms with Crippen molar-refractivity contribution >= 4 is 11.7 Å². The first-order valence-corrected chi connectivity index (χ1v) is 8.95. The van der Waals surface area contributed by atoms with Crippen LogP contribution in [0.2, 0.25) is 0 Å². The van der Waals surface area contributed by atoms with Crippen LogP contribution in [0.1, 0.15) is 53.0 Å². The van der Waals surface area contributed by atoms with Gasteiger partial charge in [0.25, 0.3) is 5.69 Å². The highest BCUT2D eigenvalue weighted by atomic mass is 16.6. The van der Waals surface area contributed by atoms with E-state index in [0.29, 0.717) is 18.6 Å². The number of carbonyl (C=O) groups excluding carboxylic acids is 1. The van der Waals surface area contributed by atoms with Crippen molar-refractivity contribution in [3.63, 3.8) is 0 Å². The Kier molecular flexibility index (Phi) is 5.83. The van der Waals surface area contributed by atoms with E-state index in [0.717, 1.165) is 6.42 Å². The van der Waals surface area contributed by atoms with Gasteiger partial charge in [-0.05, 0) is 53.0 Å². The molecule has 25 heavy (non-hydrogen) atoms. The SMILES string of the molecule is CCOC(=O)C1(c2cccc([N+](=O)[O-])c2)CCC1N(C(C)C)C(C)C. The Bertz CT molecular complexity index is 636. The topological polar surface area (TPSA) is 72.7 Å². The fraction of sp³-hybridized carbons (Fsp3) is 0.632. The molecule has 0 bridgehead atoms. The van der Waals surface area contributed by atoms with Crippen molar-refractivity contribution in [1.82, 2.24) is 4.90 Å². The molecule has 2 atom stereocenters. The molecular weight excluding hydrogens is 320 g/mol. The Morgan fingerprint density at radius 2 is 2.00 bits per heavy atom. The number of hydrogen-bond donors (Lipinski definition) is 0. The third-order valence-electron chi connectivity index (χ3n) is 5.15. The van der Waals surface area contributed by atoms with Crippen LogP contribution in [0.3, 0.4) is 0 Å². The van der Waals surface area contributed by atoms with Gasteiger partial charge >= 0.3 is 5.97 Å². The van der Waals surface area contributed by atoms with Crippen LogP contribution in [0.4, 0.5) is 5.69 Å². The van der Waals surface area contributed by atoms with Crippen molar-refractivity contribution in [3.05, 3.63) is 39.9 Å². The predicted molar refractivity (Wildman–Crippen MR) is 96.5 cm³/mol. The number of carbonyl (C=O) groups is 1. The smallest absolute Gasteiger partial charge is 0.318 e. The quantitative estimate of drug-likeness (QED) is 0.427. The molecule has 1 fully saturated rings. The summed E-state index contributed by atoms with van der Waals surface area (Å²) >= 11 is 0. The lowest BCUT2D eigenvalue weighted by molar-refractivity contribution is -0.385. The summed E-state index contributed by atoms with van der Waals surface area (Å²) in [6.07, 6.45) is 1.52. The zero-order valence-corrected chi connectivity index (χ0v) is 15.7. The standard InChI is InChI=1S/C19H28N2O4/c1-6-25-18(22)19(15-8-7-9-16(12-15)21(23)24)11-10-17(19)20(13(2)3)14(4)5/h7-9,12-14,17H,6,10-11H2,1-5H3.